The highest BCUT2D eigenvalue weighted by atomic mass is 28.4. The Labute approximate surface area is 125 Å². The summed E-state index contributed by atoms with van der Waals surface area (Å²) in [6, 6.07) is 0. The highest BCUT2D eigenvalue weighted by Crippen LogP contribution is 2.57. The van der Waals surface area contributed by atoms with E-state index in [-0.39, 0.29) is 22.8 Å². The van der Waals surface area contributed by atoms with E-state index in [1.54, 1.807) is 0 Å². The average molecular weight is 301 g/mol. The minimum atomic E-state index is -1.90. The summed E-state index contributed by atoms with van der Waals surface area (Å²) in [5, 5.41) is 10.9. The molecule has 4 heteroatoms. The van der Waals surface area contributed by atoms with Crippen LogP contribution in [0.5, 0.6) is 0 Å². The van der Waals surface area contributed by atoms with Gasteiger partial charge in [-0.3, -0.25) is 0 Å². The highest BCUT2D eigenvalue weighted by molar-refractivity contribution is 6.74. The molecule has 1 aliphatic heterocycles. The third-order valence-electron chi connectivity index (χ3n) is 5.89. The van der Waals surface area contributed by atoms with E-state index in [0.717, 1.165) is 12.8 Å². The third-order valence-corrected chi connectivity index (χ3v) is 10.3. The van der Waals surface area contributed by atoms with Crippen molar-refractivity contribution in [2.24, 2.45) is 5.92 Å². The second kappa shape index (κ2) is 4.54. The van der Waals surface area contributed by atoms with Gasteiger partial charge in [0.1, 0.15) is 12.2 Å². The molecule has 0 aromatic rings. The number of aliphatic hydroxyl groups is 1. The fourth-order valence-electron chi connectivity index (χ4n) is 3.07. The van der Waals surface area contributed by atoms with Gasteiger partial charge in [-0.25, -0.2) is 0 Å². The average Bonchev–Trinajstić information content (AvgIpc) is 2.97. The number of hydrogen-bond donors (Lipinski definition) is 1. The van der Waals surface area contributed by atoms with Crippen LogP contribution in [0, 0.1) is 5.92 Å². The number of rotatable bonds is 3. The number of hydrogen-bond acceptors (Lipinski definition) is 3. The van der Waals surface area contributed by atoms with Crippen molar-refractivity contribution in [2.75, 3.05) is 0 Å². The lowest BCUT2D eigenvalue weighted by molar-refractivity contribution is -0.0804. The predicted octanol–water partition coefficient (Wildman–Crippen LogP) is 3.72. The van der Waals surface area contributed by atoms with Gasteiger partial charge in [-0.1, -0.05) is 34.6 Å². The van der Waals surface area contributed by atoms with Crippen molar-refractivity contribution < 1.29 is 14.3 Å². The zero-order valence-electron chi connectivity index (χ0n) is 14.4. The van der Waals surface area contributed by atoms with Crippen LogP contribution in [-0.4, -0.2) is 36.8 Å². The van der Waals surface area contributed by atoms with E-state index in [2.05, 4.69) is 47.7 Å². The molecule has 1 saturated carbocycles. The molecule has 0 radical (unpaired) electrons. The van der Waals surface area contributed by atoms with E-state index < -0.39 is 13.9 Å². The number of epoxide rings is 1. The Morgan fingerprint density at radius 1 is 1.25 bits per heavy atom. The maximum Gasteiger partial charge on any atom is 0.192 e. The normalized spacial score (nSPS) is 41.7. The van der Waals surface area contributed by atoms with Crippen LogP contribution in [0.15, 0.2) is 0 Å². The first-order valence-electron chi connectivity index (χ1n) is 7.91. The third kappa shape index (κ3) is 2.49. The van der Waals surface area contributed by atoms with E-state index in [1.165, 1.54) is 0 Å². The van der Waals surface area contributed by atoms with Crippen molar-refractivity contribution in [3.8, 4) is 0 Å². The molecule has 1 heterocycles. The van der Waals surface area contributed by atoms with Crippen molar-refractivity contribution in [3.05, 3.63) is 0 Å². The van der Waals surface area contributed by atoms with Crippen molar-refractivity contribution >= 4 is 8.32 Å². The van der Waals surface area contributed by atoms with Crippen LogP contribution in [0.3, 0.4) is 0 Å². The molecule has 0 aromatic heterocycles. The lowest BCUT2D eigenvalue weighted by atomic mass is 9.73. The van der Waals surface area contributed by atoms with Gasteiger partial charge < -0.3 is 14.3 Å². The van der Waals surface area contributed by atoms with Crippen LogP contribution in [0.2, 0.25) is 18.1 Å². The number of ether oxygens (including phenoxy) is 1. The van der Waals surface area contributed by atoms with Gasteiger partial charge in [0.05, 0.1) is 11.2 Å². The van der Waals surface area contributed by atoms with Crippen LogP contribution in [0.25, 0.3) is 0 Å². The fourth-order valence-corrected chi connectivity index (χ4v) is 4.44. The molecule has 1 N–H and O–H groups in total. The fraction of sp³-hybridized carbons (Fsp3) is 1.00. The van der Waals surface area contributed by atoms with Crippen molar-refractivity contribution in [2.45, 2.75) is 95.9 Å². The topological polar surface area (TPSA) is 42.0 Å². The summed E-state index contributed by atoms with van der Waals surface area (Å²) in [5.41, 5.74) is -0.815. The molecule has 0 unspecified atom stereocenters. The number of fused-ring (bicyclic) bond motifs is 1. The summed E-state index contributed by atoms with van der Waals surface area (Å²) in [5.74, 6) is 0.481. The van der Waals surface area contributed by atoms with Gasteiger partial charge in [0.15, 0.2) is 8.32 Å². The van der Waals surface area contributed by atoms with E-state index in [1.807, 2.05) is 6.92 Å². The Morgan fingerprint density at radius 2 is 1.80 bits per heavy atom. The van der Waals surface area contributed by atoms with Crippen molar-refractivity contribution in [1.82, 2.24) is 0 Å². The quantitative estimate of drug-likeness (QED) is 0.638. The summed E-state index contributed by atoms with van der Waals surface area (Å²) in [6.45, 7) is 17.5. The molecule has 3 nitrogen and oxygen atoms in total. The van der Waals surface area contributed by atoms with Crippen molar-refractivity contribution in [1.29, 1.82) is 0 Å². The van der Waals surface area contributed by atoms with Gasteiger partial charge in [-0.15, -0.1) is 0 Å². The maximum absolute atomic E-state index is 10.8. The maximum atomic E-state index is 10.8. The smallest absolute Gasteiger partial charge is 0.192 e. The largest absolute Gasteiger partial charge is 0.408 e. The van der Waals surface area contributed by atoms with Crippen LogP contribution in [0.4, 0.5) is 0 Å². The van der Waals surface area contributed by atoms with Gasteiger partial charge >= 0.3 is 0 Å². The molecule has 2 fully saturated rings. The molecule has 1 saturated heterocycles. The van der Waals surface area contributed by atoms with Crippen LogP contribution in [-0.2, 0) is 9.16 Å². The lowest BCUT2D eigenvalue weighted by Gasteiger charge is -2.45. The van der Waals surface area contributed by atoms with E-state index in [4.69, 9.17) is 9.16 Å². The molecule has 0 aromatic carbocycles. The van der Waals surface area contributed by atoms with E-state index >= 15 is 0 Å². The molecule has 118 valence electrons. The summed E-state index contributed by atoms with van der Waals surface area (Å²) < 4.78 is 12.6. The van der Waals surface area contributed by atoms with Crippen molar-refractivity contribution in [3.63, 3.8) is 0 Å². The second-order valence-corrected chi connectivity index (χ2v) is 13.6. The second-order valence-electron chi connectivity index (χ2n) is 8.80. The molecule has 2 rings (SSSR count). The van der Waals surface area contributed by atoms with E-state index in [9.17, 15) is 5.11 Å². The first-order chi connectivity index (χ1) is 8.83. The first kappa shape index (κ1) is 16.5. The molecule has 0 amide bonds. The zero-order chi connectivity index (χ0) is 15.6. The molecule has 0 bridgehead atoms. The van der Waals surface area contributed by atoms with Gasteiger partial charge in [-0.2, -0.15) is 0 Å². The zero-order valence-corrected chi connectivity index (χ0v) is 15.4. The lowest BCUT2D eigenvalue weighted by Crippen LogP contribution is -2.57. The monoisotopic (exact) mass is 300 g/mol. The molecule has 2 aliphatic rings. The molecule has 0 spiro atoms. The first-order valence-corrected chi connectivity index (χ1v) is 10.8. The molecule has 20 heavy (non-hydrogen) atoms. The van der Waals surface area contributed by atoms with E-state index in [0.29, 0.717) is 5.92 Å². The molecular formula is C16H32O3Si. The van der Waals surface area contributed by atoms with Gasteiger partial charge in [0.25, 0.3) is 0 Å². The highest BCUT2D eigenvalue weighted by Gasteiger charge is 2.69. The van der Waals surface area contributed by atoms with Gasteiger partial charge in [-0.05, 0) is 43.8 Å². The minimum Gasteiger partial charge on any atom is -0.408 e. The SMILES string of the molecule is CC(C)[C@@]12CC[C@](C)(O)[C@H](O[Si](C)(C)C(C)(C)C)[C@@H]1O2. The summed E-state index contributed by atoms with van der Waals surface area (Å²) in [4.78, 5) is 0. The van der Waals surface area contributed by atoms with Crippen LogP contribution >= 0.6 is 0 Å². The Kier molecular flexibility index (Phi) is 3.74. The summed E-state index contributed by atoms with van der Waals surface area (Å²) >= 11 is 0. The standard InChI is InChI=1S/C16H32O3Si/c1-11(2)16-10-9-15(6,17)12(13(16)18-16)19-20(7,8)14(3,4)5/h11-13,17H,9-10H2,1-8H3/t12-,13+,15+,16+/m1/s1. The Morgan fingerprint density at radius 3 is 2.25 bits per heavy atom. The molecule has 4 atom stereocenters. The van der Waals surface area contributed by atoms with Crippen LogP contribution in [0.1, 0.15) is 54.4 Å². The Bertz CT molecular complexity index is 384. The Hall–Kier alpha value is 0.0969. The summed E-state index contributed by atoms with van der Waals surface area (Å²) in [6.07, 6.45) is 1.60. The Balaban J connectivity index is 2.21. The summed E-state index contributed by atoms with van der Waals surface area (Å²) in [7, 11) is -1.90. The van der Waals surface area contributed by atoms with Gasteiger partial charge in [0.2, 0.25) is 0 Å². The molecule has 1 aliphatic carbocycles. The predicted molar refractivity (Wildman–Crippen MR) is 84.4 cm³/mol. The minimum absolute atomic E-state index is 0.0464. The van der Waals surface area contributed by atoms with Gasteiger partial charge in [0, 0.05) is 0 Å². The molecular weight excluding hydrogens is 268 g/mol. The van der Waals surface area contributed by atoms with Crippen LogP contribution < -0.4 is 0 Å².